The zero-order valence-electron chi connectivity index (χ0n) is 27.1. The van der Waals surface area contributed by atoms with Crippen LogP contribution in [0.2, 0.25) is 0 Å². The Bertz CT molecular complexity index is 1340. The average molecular weight is 609 g/mol. The summed E-state index contributed by atoms with van der Waals surface area (Å²) >= 11 is 0. The predicted octanol–water partition coefficient (Wildman–Crippen LogP) is 8.80. The van der Waals surface area contributed by atoms with Gasteiger partial charge in [0.1, 0.15) is 35.8 Å². The Labute approximate surface area is 262 Å². The van der Waals surface area contributed by atoms with Gasteiger partial charge in [-0.15, -0.1) is 0 Å². The van der Waals surface area contributed by atoms with Crippen LogP contribution < -0.4 is 9.47 Å². The molecule has 3 N–H and O–H groups in total. The molecule has 8 nitrogen and oxygen atoms in total. The van der Waals surface area contributed by atoms with Gasteiger partial charge in [-0.05, 0) is 117 Å². The summed E-state index contributed by atoms with van der Waals surface area (Å²) in [6.07, 6.45) is 12.3. The molecule has 0 saturated carbocycles. The Hall–Kier alpha value is -4.46. The maximum absolute atomic E-state index is 11.7. The molecule has 2 aromatic carbocycles. The Balaban J connectivity index is 0.000000442. The summed E-state index contributed by atoms with van der Waals surface area (Å²) in [5, 5.41) is 28.4. The summed E-state index contributed by atoms with van der Waals surface area (Å²) in [5.74, 6) is -1.46. The number of hydrogen-bond acceptors (Lipinski definition) is 7. The van der Waals surface area contributed by atoms with E-state index in [-0.39, 0.29) is 35.0 Å². The van der Waals surface area contributed by atoms with E-state index in [1.54, 1.807) is 25.1 Å². The second kappa shape index (κ2) is 20.4. The molecule has 0 heterocycles. The molecule has 0 aliphatic heterocycles. The van der Waals surface area contributed by atoms with E-state index >= 15 is 0 Å². The standard InChI is InChI=1S/C19H26O4.C17H22O4/c1-5-22-19(21)16-10-7-11-17(18(16)20)23-13-12-15(4)9-6-8-14(2)3;1-12(2)5-4-6-13(3)9-10-21-14-7-8-16(18)15(11-14)17(19)20/h7-8,10-12,20H,5-6,9,13H2,1-4H3;5,7-9,11,18H,4,6,10H2,1-3H3,(H,19,20)/b15-12+;13-9+. The van der Waals surface area contributed by atoms with Crippen LogP contribution in [0.4, 0.5) is 0 Å². The molecule has 8 heteroatoms. The van der Waals surface area contributed by atoms with Crippen molar-refractivity contribution in [3.05, 3.63) is 94.1 Å². The number of carbonyl (C=O) groups is 2. The highest BCUT2D eigenvalue weighted by Crippen LogP contribution is 2.30. The minimum absolute atomic E-state index is 0.119. The lowest BCUT2D eigenvalue weighted by atomic mass is 10.1. The first kappa shape index (κ1) is 37.6. The van der Waals surface area contributed by atoms with E-state index in [1.165, 1.54) is 40.5 Å². The number of rotatable bonds is 15. The quantitative estimate of drug-likeness (QED) is 0.135. The van der Waals surface area contributed by atoms with Crippen molar-refractivity contribution in [2.75, 3.05) is 19.8 Å². The summed E-state index contributed by atoms with van der Waals surface area (Å²) in [6.45, 7) is 15.1. The number of carbonyl (C=O) groups excluding carboxylic acids is 1. The number of phenols is 2. The molecular formula is C36H48O8. The van der Waals surface area contributed by atoms with Crippen molar-refractivity contribution < 1.29 is 39.1 Å². The first-order valence-electron chi connectivity index (χ1n) is 14.7. The van der Waals surface area contributed by atoms with E-state index in [0.29, 0.717) is 19.0 Å². The van der Waals surface area contributed by atoms with E-state index in [4.69, 9.17) is 19.3 Å². The zero-order chi connectivity index (χ0) is 33.1. The highest BCUT2D eigenvalue weighted by molar-refractivity contribution is 5.93. The molecule has 0 spiro atoms. The fourth-order valence-corrected chi connectivity index (χ4v) is 3.72. The molecule has 0 aliphatic carbocycles. The van der Waals surface area contributed by atoms with Crippen LogP contribution in [0.15, 0.2) is 83.0 Å². The van der Waals surface area contributed by atoms with Gasteiger partial charge in [-0.2, -0.15) is 0 Å². The minimum Gasteiger partial charge on any atom is -0.507 e. The molecule has 0 amide bonds. The number of hydrogen-bond donors (Lipinski definition) is 3. The van der Waals surface area contributed by atoms with Gasteiger partial charge in [0.05, 0.1) is 6.61 Å². The third-order valence-corrected chi connectivity index (χ3v) is 6.23. The van der Waals surface area contributed by atoms with Crippen LogP contribution in [-0.4, -0.2) is 47.1 Å². The second-order valence-corrected chi connectivity index (χ2v) is 10.7. The molecule has 0 radical (unpaired) electrons. The van der Waals surface area contributed by atoms with Crippen molar-refractivity contribution in [3.8, 4) is 23.0 Å². The second-order valence-electron chi connectivity index (χ2n) is 10.7. The molecule has 0 saturated heterocycles. The summed E-state index contributed by atoms with van der Waals surface area (Å²) in [7, 11) is 0. The number of esters is 1. The fraction of sp³-hybridized carbons (Fsp3) is 0.389. The van der Waals surface area contributed by atoms with Gasteiger partial charge in [0, 0.05) is 0 Å². The monoisotopic (exact) mass is 608 g/mol. The summed E-state index contributed by atoms with van der Waals surface area (Å²) in [6, 6.07) is 9.00. The molecule has 2 rings (SSSR count). The first-order valence-corrected chi connectivity index (χ1v) is 14.7. The molecule has 0 atom stereocenters. The molecule has 0 bridgehead atoms. The molecule has 0 unspecified atom stereocenters. The van der Waals surface area contributed by atoms with Crippen LogP contribution in [0.25, 0.3) is 0 Å². The van der Waals surface area contributed by atoms with Crippen LogP contribution in [0.1, 0.15) is 94.9 Å². The van der Waals surface area contributed by atoms with Crippen LogP contribution in [0.3, 0.4) is 0 Å². The van der Waals surface area contributed by atoms with Crippen LogP contribution in [0, 0.1) is 0 Å². The van der Waals surface area contributed by atoms with Crippen LogP contribution in [-0.2, 0) is 4.74 Å². The normalized spacial score (nSPS) is 11.1. The van der Waals surface area contributed by atoms with Gasteiger partial charge in [0.2, 0.25) is 0 Å². The van der Waals surface area contributed by atoms with Crippen molar-refractivity contribution in [2.24, 2.45) is 0 Å². The Kier molecular flexibility index (Phi) is 17.5. The lowest BCUT2D eigenvalue weighted by Gasteiger charge is -2.10. The topological polar surface area (TPSA) is 123 Å². The molecule has 0 aromatic heterocycles. The predicted molar refractivity (Wildman–Crippen MR) is 175 cm³/mol. The molecule has 240 valence electrons. The molecule has 0 aliphatic rings. The van der Waals surface area contributed by atoms with Crippen molar-refractivity contribution in [1.82, 2.24) is 0 Å². The van der Waals surface area contributed by atoms with Gasteiger partial charge in [0.25, 0.3) is 0 Å². The number of aromatic hydroxyl groups is 2. The van der Waals surface area contributed by atoms with E-state index in [9.17, 15) is 19.8 Å². The molecule has 44 heavy (non-hydrogen) atoms. The van der Waals surface area contributed by atoms with Crippen molar-refractivity contribution in [3.63, 3.8) is 0 Å². The molecule has 0 fully saturated rings. The summed E-state index contributed by atoms with van der Waals surface area (Å²) in [5.41, 5.74) is 5.04. The SMILES string of the molecule is CC(C)=CCC/C(C)=C/COc1ccc(O)c(C(=O)O)c1.CCOC(=O)c1cccc(OC/C=C(\C)CCC=C(C)C)c1O. The smallest absolute Gasteiger partial charge is 0.342 e. The number of aromatic carboxylic acids is 1. The largest absolute Gasteiger partial charge is 0.507 e. The fourth-order valence-electron chi connectivity index (χ4n) is 3.72. The van der Waals surface area contributed by atoms with Gasteiger partial charge in [-0.1, -0.05) is 40.5 Å². The van der Waals surface area contributed by atoms with E-state index in [0.717, 1.165) is 25.7 Å². The summed E-state index contributed by atoms with van der Waals surface area (Å²) in [4.78, 5) is 22.6. The minimum atomic E-state index is -1.17. The average Bonchev–Trinajstić information content (AvgIpc) is 2.94. The maximum atomic E-state index is 11.7. The summed E-state index contributed by atoms with van der Waals surface area (Å²) < 4.78 is 15.9. The Morgan fingerprint density at radius 2 is 1.32 bits per heavy atom. The van der Waals surface area contributed by atoms with Gasteiger partial charge < -0.3 is 29.5 Å². The lowest BCUT2D eigenvalue weighted by Crippen LogP contribution is -2.06. The van der Waals surface area contributed by atoms with Crippen molar-refractivity contribution in [1.29, 1.82) is 0 Å². The number of allylic oxidation sites excluding steroid dienone is 6. The third-order valence-electron chi connectivity index (χ3n) is 6.23. The van der Waals surface area contributed by atoms with Crippen LogP contribution in [0.5, 0.6) is 23.0 Å². The highest BCUT2D eigenvalue weighted by atomic mass is 16.5. The van der Waals surface area contributed by atoms with Crippen molar-refractivity contribution in [2.45, 2.75) is 74.1 Å². The Morgan fingerprint density at radius 1 is 0.750 bits per heavy atom. The van der Waals surface area contributed by atoms with E-state index in [1.807, 2.05) is 19.1 Å². The first-order chi connectivity index (χ1) is 20.8. The van der Waals surface area contributed by atoms with Gasteiger partial charge in [0.15, 0.2) is 11.5 Å². The van der Waals surface area contributed by atoms with Gasteiger partial charge in [-0.3, -0.25) is 0 Å². The van der Waals surface area contributed by atoms with Crippen LogP contribution >= 0.6 is 0 Å². The number of para-hydroxylation sites is 1. The number of ether oxygens (including phenoxy) is 3. The number of carboxylic acids is 1. The van der Waals surface area contributed by atoms with Gasteiger partial charge >= 0.3 is 11.9 Å². The molecule has 2 aromatic rings. The van der Waals surface area contributed by atoms with E-state index in [2.05, 4.69) is 46.8 Å². The number of benzene rings is 2. The molecular weight excluding hydrogens is 560 g/mol. The van der Waals surface area contributed by atoms with Crippen molar-refractivity contribution >= 4 is 11.9 Å². The number of phenolic OH excluding ortho intramolecular Hbond substituents is 1. The van der Waals surface area contributed by atoms with Gasteiger partial charge in [-0.25, -0.2) is 9.59 Å². The zero-order valence-corrected chi connectivity index (χ0v) is 27.1. The van der Waals surface area contributed by atoms with E-state index < -0.39 is 11.9 Å². The number of carboxylic acid groups (broad SMARTS) is 1. The Morgan fingerprint density at radius 3 is 1.84 bits per heavy atom. The highest BCUT2D eigenvalue weighted by Gasteiger charge is 2.16. The third kappa shape index (κ3) is 15.1. The lowest BCUT2D eigenvalue weighted by molar-refractivity contribution is 0.0521. The maximum Gasteiger partial charge on any atom is 0.342 e.